The minimum absolute atomic E-state index is 0.0578. The minimum atomic E-state index is -1.55. The highest BCUT2D eigenvalue weighted by Gasteiger charge is 2.54. The van der Waals surface area contributed by atoms with Crippen LogP contribution in [0.25, 0.3) is 0 Å². The number of β-lactam (4-membered cyclic amide) rings is 1. The molecule has 4 aliphatic heterocycles. The molecule has 0 bridgehead atoms. The summed E-state index contributed by atoms with van der Waals surface area (Å²) in [5, 5.41) is 21.8. The lowest BCUT2D eigenvalue weighted by molar-refractivity contribution is -0.150. The van der Waals surface area contributed by atoms with Crippen LogP contribution in [0.3, 0.4) is 0 Å². The molecule has 21 heteroatoms. The molecule has 2 atom stereocenters. The van der Waals surface area contributed by atoms with Crippen LogP contribution in [0.2, 0.25) is 0 Å². The van der Waals surface area contributed by atoms with E-state index in [1.165, 1.54) is 47.7 Å². The van der Waals surface area contributed by atoms with Crippen molar-refractivity contribution in [2.75, 3.05) is 31.1 Å². The number of carboxylic acids is 1. The molecule has 1 aromatic heterocycles. The number of nitrogens with one attached hydrogen (secondary N) is 3. The fourth-order valence-electron chi connectivity index (χ4n) is 4.56. The third-order valence-corrected chi connectivity index (χ3v) is 9.90. The van der Waals surface area contributed by atoms with E-state index in [2.05, 4.69) is 26.0 Å². The SMILES string of the molecule is COCN1C=C2N=C(C)C=C(SCC3=C(C(=O)O)N4C(=O)C(NC(=O)/C(=N\OC(C)(C)C(=O)NN)c5csc(N)n5)[C@H]4SC3)N2N1. The molecule has 0 saturated carbocycles. The molecule has 0 radical (unpaired) electrons. The number of carboxylic acid groups (broad SMARTS) is 1. The Labute approximate surface area is 274 Å². The molecule has 0 aromatic carbocycles. The van der Waals surface area contributed by atoms with Gasteiger partial charge in [-0.3, -0.25) is 29.7 Å². The van der Waals surface area contributed by atoms with E-state index in [1.54, 1.807) is 23.3 Å². The van der Waals surface area contributed by atoms with Gasteiger partial charge in [-0.1, -0.05) is 5.16 Å². The molecule has 1 saturated heterocycles. The number of aliphatic imine (C=N–C) groups is 1. The Morgan fingerprint density at radius 1 is 1.35 bits per heavy atom. The molecule has 4 aliphatic rings. The number of hydrogen-bond donors (Lipinski definition) is 6. The summed E-state index contributed by atoms with van der Waals surface area (Å²) in [5.74, 6) is 3.04. The number of oxime groups is 1. The van der Waals surface area contributed by atoms with Crippen molar-refractivity contribution in [2.24, 2.45) is 16.0 Å². The van der Waals surface area contributed by atoms with Crippen LogP contribution in [0.1, 0.15) is 26.5 Å². The lowest BCUT2D eigenvalue weighted by Crippen LogP contribution is -2.71. The number of anilines is 1. The van der Waals surface area contributed by atoms with Gasteiger partial charge < -0.3 is 25.7 Å². The first-order valence-corrected chi connectivity index (χ1v) is 16.4. The zero-order chi connectivity index (χ0) is 33.3. The molecule has 1 fully saturated rings. The van der Waals surface area contributed by atoms with Crippen LogP contribution in [-0.2, 0) is 28.8 Å². The zero-order valence-corrected chi connectivity index (χ0v) is 27.4. The van der Waals surface area contributed by atoms with Gasteiger partial charge in [0, 0.05) is 29.7 Å². The summed E-state index contributed by atoms with van der Waals surface area (Å²) in [6.45, 7) is 4.92. The van der Waals surface area contributed by atoms with Gasteiger partial charge in [-0.25, -0.2) is 25.6 Å². The number of nitrogens with two attached hydrogens (primary N) is 2. The molecule has 5 heterocycles. The number of rotatable bonds is 12. The summed E-state index contributed by atoms with van der Waals surface area (Å²) in [5.41, 5.74) is 10.2. The molecule has 46 heavy (non-hydrogen) atoms. The Morgan fingerprint density at radius 3 is 2.76 bits per heavy atom. The number of thioether (sulfide) groups is 2. The highest BCUT2D eigenvalue weighted by atomic mass is 32.2. The number of ether oxygens (including phenoxy) is 1. The zero-order valence-electron chi connectivity index (χ0n) is 25.0. The second-order valence-electron chi connectivity index (χ2n) is 10.5. The highest BCUT2D eigenvalue weighted by Crippen LogP contribution is 2.42. The first kappa shape index (κ1) is 33.2. The number of hydrogen-bond acceptors (Lipinski definition) is 17. The molecule has 0 spiro atoms. The van der Waals surface area contributed by atoms with Gasteiger partial charge in [0.25, 0.3) is 17.7 Å². The average Bonchev–Trinajstić information content (AvgIpc) is 3.63. The third-order valence-electron chi connectivity index (χ3n) is 6.79. The van der Waals surface area contributed by atoms with E-state index in [-0.39, 0.29) is 34.7 Å². The van der Waals surface area contributed by atoms with E-state index in [1.807, 2.05) is 18.4 Å². The smallest absolute Gasteiger partial charge is 0.352 e. The van der Waals surface area contributed by atoms with Gasteiger partial charge in [0.1, 0.15) is 29.5 Å². The summed E-state index contributed by atoms with van der Waals surface area (Å²) in [6.07, 6.45) is 3.66. The van der Waals surface area contributed by atoms with Crippen LogP contribution in [0.4, 0.5) is 5.13 Å². The van der Waals surface area contributed by atoms with E-state index in [0.717, 1.165) is 22.1 Å². The van der Waals surface area contributed by atoms with Crippen molar-refractivity contribution in [1.29, 1.82) is 0 Å². The molecule has 3 amide bonds. The number of allylic oxidation sites excluding steroid dienone is 1. The van der Waals surface area contributed by atoms with Crippen molar-refractivity contribution in [3.63, 3.8) is 0 Å². The monoisotopic (exact) mass is 693 g/mol. The van der Waals surface area contributed by atoms with Gasteiger partial charge in [0.2, 0.25) is 5.60 Å². The van der Waals surface area contributed by atoms with Crippen molar-refractivity contribution in [1.82, 2.24) is 36.2 Å². The summed E-state index contributed by atoms with van der Waals surface area (Å²) < 4.78 is 5.17. The fourth-order valence-corrected chi connectivity index (χ4v) is 7.66. The molecule has 246 valence electrons. The number of fused-ring (bicyclic) bond motifs is 2. The molecular formula is C25H31N11O7S3. The normalized spacial score (nSPS) is 21.2. The summed E-state index contributed by atoms with van der Waals surface area (Å²) in [4.78, 5) is 66.3. The first-order chi connectivity index (χ1) is 21.8. The Hall–Kier alpha value is -4.15. The molecular weight excluding hydrogens is 663 g/mol. The van der Waals surface area contributed by atoms with Crippen LogP contribution in [0, 0.1) is 0 Å². The maximum absolute atomic E-state index is 13.4. The molecule has 18 nitrogen and oxygen atoms in total. The first-order valence-electron chi connectivity index (χ1n) is 13.5. The van der Waals surface area contributed by atoms with E-state index in [4.69, 9.17) is 21.2 Å². The molecule has 0 aliphatic carbocycles. The predicted molar refractivity (Wildman–Crippen MR) is 171 cm³/mol. The molecule has 8 N–H and O–H groups in total. The number of carbonyl (C=O) groups excluding carboxylic acids is 3. The number of aliphatic carboxylic acids is 1. The molecule has 1 unspecified atom stereocenters. The third kappa shape index (κ3) is 6.55. The van der Waals surface area contributed by atoms with Crippen molar-refractivity contribution in [3.8, 4) is 0 Å². The number of nitrogens with zero attached hydrogens (tertiary/aromatic N) is 6. The maximum Gasteiger partial charge on any atom is 0.352 e. The summed E-state index contributed by atoms with van der Waals surface area (Å²) >= 11 is 3.76. The van der Waals surface area contributed by atoms with Crippen LogP contribution in [0.5, 0.6) is 0 Å². The van der Waals surface area contributed by atoms with Crippen molar-refractivity contribution in [2.45, 2.75) is 37.8 Å². The highest BCUT2D eigenvalue weighted by molar-refractivity contribution is 8.03. The second-order valence-corrected chi connectivity index (χ2v) is 13.5. The van der Waals surface area contributed by atoms with Gasteiger partial charge in [-0.05, 0) is 32.4 Å². The predicted octanol–water partition coefficient (Wildman–Crippen LogP) is -0.558. The Kier molecular flexibility index (Phi) is 9.60. The number of nitrogen functional groups attached to an aromatic ring is 1. The minimum Gasteiger partial charge on any atom is -0.477 e. The number of aromatic nitrogens is 1. The van der Waals surface area contributed by atoms with E-state index in [0.29, 0.717) is 17.1 Å². The lowest BCUT2D eigenvalue weighted by atomic mass is 10.0. The summed E-state index contributed by atoms with van der Waals surface area (Å²) in [6, 6.07) is -1.06. The van der Waals surface area contributed by atoms with E-state index < -0.39 is 40.7 Å². The number of thiazole rings is 1. The van der Waals surface area contributed by atoms with E-state index >= 15 is 0 Å². The summed E-state index contributed by atoms with van der Waals surface area (Å²) in [7, 11) is 1.57. The van der Waals surface area contributed by atoms with Gasteiger partial charge in [0.05, 0.1) is 11.2 Å². The quantitative estimate of drug-likeness (QED) is 0.0529. The topological polar surface area (TPSA) is 242 Å². The van der Waals surface area contributed by atoms with Crippen molar-refractivity contribution < 1.29 is 33.9 Å². The number of amides is 3. The lowest BCUT2D eigenvalue weighted by Gasteiger charge is -2.49. The molecule has 1 aromatic rings. The van der Waals surface area contributed by atoms with Crippen LogP contribution >= 0.6 is 34.9 Å². The van der Waals surface area contributed by atoms with Crippen LogP contribution < -0.4 is 27.9 Å². The van der Waals surface area contributed by atoms with Crippen molar-refractivity contribution >= 4 is 75.1 Å². The molecule has 5 rings (SSSR count). The van der Waals surface area contributed by atoms with Gasteiger partial charge >= 0.3 is 5.97 Å². The van der Waals surface area contributed by atoms with Gasteiger partial charge in [-0.2, -0.15) is 0 Å². The number of carbonyl (C=O) groups is 4. The largest absolute Gasteiger partial charge is 0.477 e. The standard InChI is InChI=1S/C25H31N11O7S3/c1-11-5-15(36-14(28-11)6-34(33-36)10-42-4)44-7-12-8-45-21-17(20(38)35(21)18(12)22(39)40)30-19(37)16(13-9-46-24(26)29-13)32-43-25(2,3)23(41)31-27/h5-6,9,17,21,33H,7-8,10,27H2,1-4H3,(H2,26,29)(H,30,37)(H,31,41)(H,39,40)/b32-16-/t17?,21-/m1/s1. The van der Waals surface area contributed by atoms with Crippen molar-refractivity contribution in [3.05, 3.63) is 45.5 Å². The van der Waals surface area contributed by atoms with Gasteiger partial charge in [-0.15, -0.1) is 40.4 Å². The van der Waals surface area contributed by atoms with Crippen LogP contribution in [0.15, 0.2) is 49.9 Å². The number of methoxy groups -OCH3 is 1. The van der Waals surface area contributed by atoms with Gasteiger partial charge in [0.15, 0.2) is 16.7 Å². The Morgan fingerprint density at radius 2 is 2.11 bits per heavy atom. The Balaban J connectivity index is 1.30. The number of hydrazine groups is 3. The second kappa shape index (κ2) is 13.3. The maximum atomic E-state index is 13.4. The average molecular weight is 694 g/mol. The van der Waals surface area contributed by atoms with Crippen LogP contribution in [-0.4, -0.2) is 102 Å². The fraction of sp³-hybridized carbons (Fsp3) is 0.400. The Bertz CT molecular complexity index is 1620. The van der Waals surface area contributed by atoms with E-state index in [9.17, 15) is 24.3 Å².